The summed E-state index contributed by atoms with van der Waals surface area (Å²) < 4.78 is 20.6. The van der Waals surface area contributed by atoms with E-state index in [4.69, 9.17) is 16.2 Å². The van der Waals surface area contributed by atoms with Gasteiger partial charge in [-0.3, -0.25) is 14.9 Å². The summed E-state index contributed by atoms with van der Waals surface area (Å²) >= 11 is 1.01. The molecule has 1 saturated carbocycles. The lowest BCUT2D eigenvalue weighted by molar-refractivity contribution is -0.151. The Morgan fingerprint density at radius 2 is 1.92 bits per heavy atom. The third-order valence-corrected chi connectivity index (χ3v) is 6.95. The number of hydrogen-bond acceptors (Lipinski definition) is 6. The van der Waals surface area contributed by atoms with Gasteiger partial charge in [0.25, 0.3) is 5.91 Å². The van der Waals surface area contributed by atoms with Crippen molar-refractivity contribution >= 4 is 40.3 Å². The van der Waals surface area contributed by atoms with Gasteiger partial charge in [-0.1, -0.05) is 38.1 Å². The van der Waals surface area contributed by atoms with Crippen LogP contribution >= 0.6 is 11.3 Å². The number of primary amides is 2. The normalized spacial score (nSPS) is 14.9. The van der Waals surface area contributed by atoms with Crippen molar-refractivity contribution in [2.24, 2.45) is 17.4 Å². The standard InChI is InChI=1S/C26H33FN4O4S/c1-15(2)12-21(25(33)35-17-7-3-4-8-17)30-11-5-6-16-9-10-18(20(27)13-16)22-14-19(23(28)32)24(36-22)31-26(29)34/h5-6,9-10,13-15,17,21,30H,3-4,7-8,11-12H2,1-2H3,(H2,28,32)(H3,29,31,34)/t21-/m0/s1. The van der Waals surface area contributed by atoms with Crippen molar-refractivity contribution in [3.63, 3.8) is 0 Å². The lowest BCUT2D eigenvalue weighted by Gasteiger charge is -2.21. The molecule has 0 bridgehead atoms. The van der Waals surface area contributed by atoms with Gasteiger partial charge in [-0.15, -0.1) is 11.3 Å². The van der Waals surface area contributed by atoms with E-state index in [9.17, 15) is 18.8 Å². The number of halogens is 1. The number of benzene rings is 1. The first-order valence-corrected chi connectivity index (χ1v) is 12.9. The van der Waals surface area contributed by atoms with Gasteiger partial charge in [-0.25, -0.2) is 9.18 Å². The number of thiophene rings is 1. The highest BCUT2D eigenvalue weighted by Crippen LogP contribution is 2.36. The predicted octanol–water partition coefficient (Wildman–Crippen LogP) is 4.65. The molecule has 2 aromatic rings. The molecule has 1 atom stereocenters. The molecule has 3 rings (SSSR count). The van der Waals surface area contributed by atoms with Crippen molar-refractivity contribution in [1.82, 2.24) is 5.32 Å². The number of urea groups is 1. The summed E-state index contributed by atoms with van der Waals surface area (Å²) in [5.74, 6) is -1.13. The second-order valence-corrected chi connectivity index (χ2v) is 10.3. The quantitative estimate of drug-likeness (QED) is 0.322. The van der Waals surface area contributed by atoms with Gasteiger partial charge >= 0.3 is 12.0 Å². The van der Waals surface area contributed by atoms with Crippen LogP contribution in [0.4, 0.5) is 14.2 Å². The van der Waals surface area contributed by atoms with Crippen molar-refractivity contribution in [1.29, 1.82) is 0 Å². The monoisotopic (exact) mass is 516 g/mol. The molecular formula is C26H33FN4O4S. The Kier molecular flexibility index (Phi) is 9.60. The van der Waals surface area contributed by atoms with Crippen LogP contribution in [0, 0.1) is 11.7 Å². The maximum Gasteiger partial charge on any atom is 0.323 e. The van der Waals surface area contributed by atoms with Gasteiger partial charge < -0.3 is 21.5 Å². The lowest BCUT2D eigenvalue weighted by Crippen LogP contribution is -2.40. The molecule has 36 heavy (non-hydrogen) atoms. The molecule has 0 spiro atoms. The van der Waals surface area contributed by atoms with E-state index in [1.165, 1.54) is 12.1 Å². The topological polar surface area (TPSA) is 137 Å². The summed E-state index contributed by atoms with van der Waals surface area (Å²) in [6.45, 7) is 4.55. The third-order valence-electron chi connectivity index (χ3n) is 5.86. The number of carbonyl (C=O) groups is 3. The van der Waals surface area contributed by atoms with Crippen molar-refractivity contribution in [3.8, 4) is 10.4 Å². The molecule has 1 fully saturated rings. The molecule has 0 unspecified atom stereocenters. The summed E-state index contributed by atoms with van der Waals surface area (Å²) in [7, 11) is 0. The SMILES string of the molecule is CC(C)C[C@H](NCC=Cc1ccc(-c2cc(C(N)=O)c(NC(N)=O)s2)c(F)c1)C(=O)OC1CCCC1. The highest BCUT2D eigenvalue weighted by atomic mass is 32.1. The molecule has 0 aliphatic heterocycles. The molecule has 1 heterocycles. The van der Waals surface area contributed by atoms with E-state index in [1.54, 1.807) is 18.2 Å². The summed E-state index contributed by atoms with van der Waals surface area (Å²) in [4.78, 5) is 35.9. The highest BCUT2D eigenvalue weighted by molar-refractivity contribution is 7.20. The van der Waals surface area contributed by atoms with Crippen LogP contribution in [0.25, 0.3) is 16.5 Å². The summed E-state index contributed by atoms with van der Waals surface area (Å²) in [5, 5.41) is 5.75. The van der Waals surface area contributed by atoms with E-state index in [0.29, 0.717) is 29.3 Å². The van der Waals surface area contributed by atoms with Gasteiger partial charge in [0, 0.05) is 17.0 Å². The van der Waals surface area contributed by atoms with E-state index >= 15 is 0 Å². The Morgan fingerprint density at radius 1 is 1.19 bits per heavy atom. The molecule has 3 amide bonds. The number of nitrogens with two attached hydrogens (primary N) is 2. The predicted molar refractivity (Wildman–Crippen MR) is 140 cm³/mol. The Labute approximate surface area is 214 Å². The minimum absolute atomic E-state index is 0.0241. The molecule has 0 saturated heterocycles. The van der Waals surface area contributed by atoms with E-state index < -0.39 is 23.8 Å². The number of hydrogen-bond donors (Lipinski definition) is 4. The van der Waals surface area contributed by atoms with Crippen molar-refractivity contribution in [2.45, 2.75) is 58.1 Å². The van der Waals surface area contributed by atoms with Crippen molar-refractivity contribution in [3.05, 3.63) is 47.3 Å². The molecule has 6 N–H and O–H groups in total. The Hall–Kier alpha value is -3.24. The largest absolute Gasteiger partial charge is 0.461 e. The van der Waals surface area contributed by atoms with E-state index in [0.717, 1.165) is 37.0 Å². The number of carbonyl (C=O) groups excluding carboxylic acids is 3. The maximum absolute atomic E-state index is 14.9. The molecule has 10 heteroatoms. The summed E-state index contributed by atoms with van der Waals surface area (Å²) in [6.07, 6.45) is 8.35. The minimum atomic E-state index is -0.845. The average Bonchev–Trinajstić information content (AvgIpc) is 3.45. The Balaban J connectivity index is 1.64. The first-order chi connectivity index (χ1) is 17.1. The third kappa shape index (κ3) is 7.63. The fraction of sp³-hybridized carbons (Fsp3) is 0.423. The van der Waals surface area contributed by atoms with Crippen LogP contribution in [-0.4, -0.2) is 36.6 Å². The summed E-state index contributed by atoms with van der Waals surface area (Å²) in [5.41, 5.74) is 11.5. The first kappa shape index (κ1) is 27.3. The second kappa shape index (κ2) is 12.6. The van der Waals surface area contributed by atoms with Crippen LogP contribution in [0.2, 0.25) is 0 Å². The van der Waals surface area contributed by atoms with Gasteiger partial charge in [0.1, 0.15) is 23.0 Å². The van der Waals surface area contributed by atoms with E-state index in [2.05, 4.69) is 24.5 Å². The summed E-state index contributed by atoms with van der Waals surface area (Å²) in [6, 6.07) is 4.89. The fourth-order valence-corrected chi connectivity index (χ4v) is 5.23. The van der Waals surface area contributed by atoms with Gasteiger partial charge in [0.05, 0.1) is 5.56 Å². The van der Waals surface area contributed by atoms with Crippen LogP contribution in [0.5, 0.6) is 0 Å². The van der Waals surface area contributed by atoms with Crippen LogP contribution in [0.3, 0.4) is 0 Å². The number of anilines is 1. The molecule has 8 nitrogen and oxygen atoms in total. The zero-order valence-corrected chi connectivity index (χ0v) is 21.3. The Morgan fingerprint density at radius 3 is 2.53 bits per heavy atom. The average molecular weight is 517 g/mol. The number of esters is 1. The van der Waals surface area contributed by atoms with Crippen molar-refractivity contribution in [2.75, 3.05) is 11.9 Å². The number of nitrogens with one attached hydrogen (secondary N) is 2. The molecular weight excluding hydrogens is 483 g/mol. The lowest BCUT2D eigenvalue weighted by atomic mass is 10.0. The smallest absolute Gasteiger partial charge is 0.323 e. The maximum atomic E-state index is 14.9. The number of amides is 3. The van der Waals surface area contributed by atoms with Gasteiger partial charge in [-0.05, 0) is 55.7 Å². The minimum Gasteiger partial charge on any atom is -0.461 e. The molecule has 0 radical (unpaired) electrons. The van der Waals surface area contributed by atoms with Crippen LogP contribution in [0.1, 0.15) is 61.9 Å². The fourth-order valence-electron chi connectivity index (χ4n) is 4.14. The number of rotatable bonds is 11. The molecule has 1 aliphatic carbocycles. The van der Waals surface area contributed by atoms with Gasteiger partial charge in [0.15, 0.2) is 0 Å². The molecule has 1 aromatic heterocycles. The molecule has 194 valence electrons. The zero-order valence-electron chi connectivity index (χ0n) is 20.5. The Bertz CT molecular complexity index is 1130. The highest BCUT2D eigenvalue weighted by Gasteiger charge is 2.25. The second-order valence-electron chi connectivity index (χ2n) is 9.28. The van der Waals surface area contributed by atoms with Crippen LogP contribution in [0.15, 0.2) is 30.3 Å². The van der Waals surface area contributed by atoms with Crippen LogP contribution in [-0.2, 0) is 9.53 Å². The van der Waals surface area contributed by atoms with Crippen molar-refractivity contribution < 1.29 is 23.5 Å². The number of ether oxygens (including phenoxy) is 1. The van der Waals surface area contributed by atoms with Gasteiger partial charge in [-0.2, -0.15) is 0 Å². The van der Waals surface area contributed by atoms with Gasteiger partial charge in [0.2, 0.25) is 0 Å². The van der Waals surface area contributed by atoms with Crippen LogP contribution < -0.4 is 22.1 Å². The van der Waals surface area contributed by atoms with E-state index in [1.807, 2.05) is 6.08 Å². The molecule has 1 aromatic carbocycles. The zero-order chi connectivity index (χ0) is 26.2. The van der Waals surface area contributed by atoms with E-state index in [-0.39, 0.29) is 28.2 Å². The molecule has 1 aliphatic rings. The first-order valence-electron chi connectivity index (χ1n) is 12.0.